The van der Waals surface area contributed by atoms with E-state index in [1.54, 1.807) is 34.1 Å². The van der Waals surface area contributed by atoms with E-state index in [2.05, 4.69) is 10.1 Å². The van der Waals surface area contributed by atoms with Crippen LogP contribution in [0.3, 0.4) is 0 Å². The van der Waals surface area contributed by atoms with Crippen LogP contribution in [0.4, 0.5) is 15.3 Å². The molecule has 2 heterocycles. The summed E-state index contributed by atoms with van der Waals surface area (Å²) in [5.41, 5.74) is 2.12. The Balaban J connectivity index is 1.24. The number of carbonyl (C=O) groups excluding carboxylic acids is 4. The number of anilines is 1. The molecule has 2 aromatic rings. The molecule has 2 saturated heterocycles. The van der Waals surface area contributed by atoms with E-state index in [1.165, 1.54) is 7.11 Å². The average molecular weight is 509 g/mol. The summed E-state index contributed by atoms with van der Waals surface area (Å²) < 4.78 is 10.00. The monoisotopic (exact) mass is 508 g/mol. The number of hydrogen-bond acceptors (Lipinski definition) is 6. The molecule has 0 saturated carbocycles. The Morgan fingerprint density at radius 1 is 0.946 bits per heavy atom. The molecule has 10 heteroatoms. The van der Waals surface area contributed by atoms with Gasteiger partial charge in [-0.1, -0.05) is 30.3 Å². The highest BCUT2D eigenvalue weighted by molar-refractivity contribution is 5.97. The molecule has 2 fully saturated rings. The topological polar surface area (TPSA) is 108 Å². The third kappa shape index (κ3) is 6.58. The number of esters is 1. The van der Waals surface area contributed by atoms with Crippen molar-refractivity contribution >= 4 is 29.7 Å². The number of urea groups is 1. The van der Waals surface area contributed by atoms with Gasteiger partial charge in [0.2, 0.25) is 0 Å². The van der Waals surface area contributed by atoms with Crippen molar-refractivity contribution in [2.24, 2.45) is 0 Å². The summed E-state index contributed by atoms with van der Waals surface area (Å²) in [6.45, 7) is 2.69. The summed E-state index contributed by atoms with van der Waals surface area (Å²) in [6, 6.07) is 16.4. The van der Waals surface area contributed by atoms with Crippen molar-refractivity contribution in [2.75, 3.05) is 44.7 Å². The van der Waals surface area contributed by atoms with Crippen LogP contribution >= 0.6 is 0 Å². The molecule has 4 rings (SSSR count). The van der Waals surface area contributed by atoms with Crippen LogP contribution in [-0.4, -0.2) is 79.7 Å². The lowest BCUT2D eigenvalue weighted by atomic mass is 10.0. The maximum absolute atomic E-state index is 13.2. The van der Waals surface area contributed by atoms with Gasteiger partial charge in [0, 0.05) is 50.0 Å². The van der Waals surface area contributed by atoms with E-state index in [0.29, 0.717) is 44.6 Å². The zero-order valence-corrected chi connectivity index (χ0v) is 20.9. The number of rotatable bonds is 8. The largest absolute Gasteiger partial charge is 0.469 e. The zero-order valence-electron chi connectivity index (χ0n) is 20.9. The minimum absolute atomic E-state index is 0.0653. The second-order valence-corrected chi connectivity index (χ2v) is 9.01. The Kier molecular flexibility index (Phi) is 8.60. The molecule has 0 unspecified atom stereocenters. The van der Waals surface area contributed by atoms with Crippen LogP contribution in [0.15, 0.2) is 54.6 Å². The van der Waals surface area contributed by atoms with Gasteiger partial charge in [-0.3, -0.25) is 14.5 Å². The highest BCUT2D eigenvalue weighted by Crippen LogP contribution is 2.26. The second-order valence-electron chi connectivity index (χ2n) is 9.01. The van der Waals surface area contributed by atoms with Crippen LogP contribution in [0, 0.1) is 0 Å². The number of ether oxygens (including phenoxy) is 2. The summed E-state index contributed by atoms with van der Waals surface area (Å²) in [6.07, 6.45) is 1.17. The number of benzene rings is 2. The normalized spacial score (nSPS) is 16.0. The lowest BCUT2D eigenvalue weighted by molar-refractivity contribution is -0.140. The predicted molar refractivity (Wildman–Crippen MR) is 136 cm³/mol. The van der Waals surface area contributed by atoms with Gasteiger partial charge in [-0.25, -0.2) is 9.59 Å². The molecule has 1 N–H and O–H groups in total. The van der Waals surface area contributed by atoms with Crippen molar-refractivity contribution in [3.8, 4) is 0 Å². The number of likely N-dealkylation sites (tertiary alicyclic amines) is 1. The number of piperidine rings is 1. The maximum atomic E-state index is 13.2. The first-order valence-electron chi connectivity index (χ1n) is 12.4. The molecule has 2 aliphatic rings. The number of nitrogens with one attached hydrogen (secondary N) is 1. The summed E-state index contributed by atoms with van der Waals surface area (Å²) in [5.74, 6) is -0.680. The van der Waals surface area contributed by atoms with E-state index in [0.717, 1.165) is 11.3 Å². The van der Waals surface area contributed by atoms with Gasteiger partial charge in [-0.05, 0) is 42.7 Å². The predicted octanol–water partition coefficient (Wildman–Crippen LogP) is 3.02. The van der Waals surface area contributed by atoms with E-state index >= 15 is 0 Å². The van der Waals surface area contributed by atoms with Crippen molar-refractivity contribution in [1.29, 1.82) is 0 Å². The van der Waals surface area contributed by atoms with E-state index in [-0.39, 0.29) is 49.6 Å². The van der Waals surface area contributed by atoms with Crippen molar-refractivity contribution < 1.29 is 28.7 Å². The van der Waals surface area contributed by atoms with Gasteiger partial charge < -0.3 is 24.6 Å². The molecule has 0 atom stereocenters. The first kappa shape index (κ1) is 26.0. The Morgan fingerprint density at radius 2 is 1.65 bits per heavy atom. The Morgan fingerprint density at radius 3 is 2.32 bits per heavy atom. The molecule has 2 aliphatic heterocycles. The van der Waals surface area contributed by atoms with Gasteiger partial charge >= 0.3 is 18.1 Å². The number of hydrogen-bond donors (Lipinski definition) is 1. The molecule has 37 heavy (non-hydrogen) atoms. The van der Waals surface area contributed by atoms with Gasteiger partial charge in [0.25, 0.3) is 5.91 Å². The third-order valence-electron chi connectivity index (χ3n) is 6.69. The molecule has 196 valence electrons. The lowest BCUT2D eigenvalue weighted by Crippen LogP contribution is -2.48. The van der Waals surface area contributed by atoms with Gasteiger partial charge in [0.1, 0.15) is 6.61 Å². The van der Waals surface area contributed by atoms with Crippen LogP contribution in [-0.2, 0) is 20.9 Å². The highest BCUT2D eigenvalue weighted by atomic mass is 16.6. The summed E-state index contributed by atoms with van der Waals surface area (Å²) in [5, 5.41) is 2.67. The molecule has 0 bridgehead atoms. The van der Waals surface area contributed by atoms with E-state index < -0.39 is 0 Å². The van der Waals surface area contributed by atoms with Gasteiger partial charge in [-0.15, -0.1) is 0 Å². The number of methoxy groups -OCH3 is 1. The van der Waals surface area contributed by atoms with Crippen LogP contribution in [0.25, 0.3) is 0 Å². The minimum atomic E-state index is -0.388. The van der Waals surface area contributed by atoms with Gasteiger partial charge in [0.15, 0.2) is 0 Å². The Hall–Kier alpha value is -4.08. The smallest absolute Gasteiger partial charge is 0.410 e. The molecular formula is C27H32N4O6. The van der Waals surface area contributed by atoms with Gasteiger partial charge in [0.05, 0.1) is 13.5 Å². The first-order chi connectivity index (χ1) is 18.0. The van der Waals surface area contributed by atoms with E-state index in [9.17, 15) is 19.2 Å². The molecule has 2 aromatic carbocycles. The molecular weight excluding hydrogens is 476 g/mol. The van der Waals surface area contributed by atoms with Crippen LogP contribution in [0.1, 0.15) is 35.2 Å². The molecule has 0 spiro atoms. The highest BCUT2D eigenvalue weighted by Gasteiger charge is 2.36. The molecule has 0 aromatic heterocycles. The number of carbonyl (C=O) groups is 4. The SMILES string of the molecule is COC(=O)CCNC(=O)c1ccc(N2CCN(C3CCN(C(=O)OCc4ccccc4)CC3)C2=O)cc1. The van der Waals surface area contributed by atoms with Crippen molar-refractivity contribution in [1.82, 2.24) is 15.1 Å². The fraction of sp³-hybridized carbons (Fsp3) is 0.407. The molecule has 0 aliphatic carbocycles. The maximum Gasteiger partial charge on any atom is 0.410 e. The molecule has 0 radical (unpaired) electrons. The quantitative estimate of drug-likeness (QED) is 0.549. The Bertz CT molecular complexity index is 1100. The third-order valence-corrected chi connectivity index (χ3v) is 6.69. The fourth-order valence-corrected chi connectivity index (χ4v) is 4.58. The zero-order chi connectivity index (χ0) is 26.2. The average Bonchev–Trinajstić information content (AvgIpc) is 3.33. The molecule has 4 amide bonds. The number of nitrogens with zero attached hydrogens (tertiary/aromatic N) is 3. The van der Waals surface area contributed by atoms with E-state index in [4.69, 9.17) is 4.74 Å². The standard InChI is InChI=1S/C27H32N4O6/c1-36-24(32)11-14-28-25(33)21-7-9-22(10-8-21)30-17-18-31(26(30)34)23-12-15-29(16-13-23)27(35)37-19-20-5-3-2-4-6-20/h2-10,23H,11-19H2,1H3,(H,28,33). The first-order valence-corrected chi connectivity index (χ1v) is 12.4. The summed E-state index contributed by atoms with van der Waals surface area (Å²) >= 11 is 0. The molecule has 10 nitrogen and oxygen atoms in total. The summed E-state index contributed by atoms with van der Waals surface area (Å²) in [7, 11) is 1.30. The van der Waals surface area contributed by atoms with Crippen LogP contribution in [0.5, 0.6) is 0 Å². The van der Waals surface area contributed by atoms with Crippen LogP contribution < -0.4 is 10.2 Å². The Labute approximate surface area is 216 Å². The van der Waals surface area contributed by atoms with E-state index in [1.807, 2.05) is 35.2 Å². The van der Waals surface area contributed by atoms with Crippen molar-refractivity contribution in [3.63, 3.8) is 0 Å². The van der Waals surface area contributed by atoms with Crippen LogP contribution in [0.2, 0.25) is 0 Å². The van der Waals surface area contributed by atoms with Crippen molar-refractivity contribution in [2.45, 2.75) is 31.9 Å². The van der Waals surface area contributed by atoms with Crippen molar-refractivity contribution in [3.05, 3.63) is 65.7 Å². The lowest BCUT2D eigenvalue weighted by Gasteiger charge is -2.36. The minimum Gasteiger partial charge on any atom is -0.469 e. The van der Waals surface area contributed by atoms with Gasteiger partial charge in [-0.2, -0.15) is 0 Å². The number of amides is 4. The second kappa shape index (κ2) is 12.2. The fourth-order valence-electron chi connectivity index (χ4n) is 4.58. The summed E-state index contributed by atoms with van der Waals surface area (Å²) in [4.78, 5) is 54.3.